The molecule has 0 radical (unpaired) electrons. The SMILES string of the molecule is Cc1cc(CN(C)CCC2COCCN2)ccc1F. The third kappa shape index (κ3) is 4.56. The zero-order valence-corrected chi connectivity index (χ0v) is 11.8. The molecule has 1 unspecified atom stereocenters. The molecule has 2 rings (SSSR count). The molecule has 1 heterocycles. The average Bonchev–Trinajstić information content (AvgIpc) is 2.42. The van der Waals surface area contributed by atoms with Crippen molar-refractivity contribution < 1.29 is 9.13 Å². The summed E-state index contributed by atoms with van der Waals surface area (Å²) in [6, 6.07) is 5.80. The number of hydrogen-bond donors (Lipinski definition) is 1. The lowest BCUT2D eigenvalue weighted by Crippen LogP contribution is -2.42. The van der Waals surface area contributed by atoms with Gasteiger partial charge in [0.2, 0.25) is 0 Å². The first-order chi connectivity index (χ1) is 9.15. The van der Waals surface area contributed by atoms with Crippen molar-refractivity contribution >= 4 is 0 Å². The van der Waals surface area contributed by atoms with E-state index < -0.39 is 0 Å². The van der Waals surface area contributed by atoms with Gasteiger partial charge in [0.05, 0.1) is 13.2 Å². The Kier molecular flexibility index (Phi) is 5.31. The molecule has 1 aliphatic heterocycles. The number of nitrogens with one attached hydrogen (secondary N) is 1. The highest BCUT2D eigenvalue weighted by atomic mass is 19.1. The number of morpholine rings is 1. The van der Waals surface area contributed by atoms with E-state index in [4.69, 9.17) is 4.74 Å². The Bertz CT molecular complexity index is 405. The van der Waals surface area contributed by atoms with Crippen LogP contribution < -0.4 is 5.32 Å². The van der Waals surface area contributed by atoms with Crippen LogP contribution in [0.4, 0.5) is 4.39 Å². The van der Waals surface area contributed by atoms with Crippen LogP contribution in [0, 0.1) is 12.7 Å². The van der Waals surface area contributed by atoms with Gasteiger partial charge in [-0.2, -0.15) is 0 Å². The van der Waals surface area contributed by atoms with Crippen LogP contribution in [0.2, 0.25) is 0 Å². The Balaban J connectivity index is 1.76. The molecule has 0 bridgehead atoms. The predicted octanol–water partition coefficient (Wildman–Crippen LogP) is 1.94. The lowest BCUT2D eigenvalue weighted by Gasteiger charge is -2.26. The molecule has 4 heteroatoms. The highest BCUT2D eigenvalue weighted by Gasteiger charge is 2.13. The summed E-state index contributed by atoms with van der Waals surface area (Å²) in [6.07, 6.45) is 1.08. The highest BCUT2D eigenvalue weighted by molar-refractivity contribution is 5.23. The predicted molar refractivity (Wildman–Crippen MR) is 74.7 cm³/mol. The Morgan fingerprint density at radius 1 is 1.47 bits per heavy atom. The Morgan fingerprint density at radius 3 is 3.00 bits per heavy atom. The summed E-state index contributed by atoms with van der Waals surface area (Å²) in [6.45, 7) is 6.25. The maximum Gasteiger partial charge on any atom is 0.126 e. The quantitative estimate of drug-likeness (QED) is 0.881. The fraction of sp³-hybridized carbons (Fsp3) is 0.600. The summed E-state index contributed by atoms with van der Waals surface area (Å²) in [5, 5.41) is 3.45. The van der Waals surface area contributed by atoms with Gasteiger partial charge in [-0.1, -0.05) is 12.1 Å². The summed E-state index contributed by atoms with van der Waals surface area (Å²) in [5.41, 5.74) is 1.88. The average molecular weight is 266 g/mol. The molecule has 0 aliphatic carbocycles. The molecular formula is C15H23FN2O. The van der Waals surface area contributed by atoms with Gasteiger partial charge in [0, 0.05) is 19.1 Å². The molecule has 0 saturated carbocycles. The van der Waals surface area contributed by atoms with E-state index in [2.05, 4.69) is 17.3 Å². The monoisotopic (exact) mass is 266 g/mol. The molecule has 1 aliphatic rings. The number of aryl methyl sites for hydroxylation is 1. The Morgan fingerprint density at radius 2 is 2.32 bits per heavy atom. The third-order valence-electron chi connectivity index (χ3n) is 3.53. The van der Waals surface area contributed by atoms with Crippen molar-refractivity contribution in [3.05, 3.63) is 35.1 Å². The van der Waals surface area contributed by atoms with Gasteiger partial charge in [-0.05, 0) is 44.1 Å². The second-order valence-corrected chi connectivity index (χ2v) is 5.34. The molecule has 3 nitrogen and oxygen atoms in total. The van der Waals surface area contributed by atoms with Crippen molar-refractivity contribution in [2.24, 2.45) is 0 Å². The van der Waals surface area contributed by atoms with Crippen molar-refractivity contribution in [3.63, 3.8) is 0 Å². The smallest absolute Gasteiger partial charge is 0.126 e. The van der Waals surface area contributed by atoms with Gasteiger partial charge in [0.25, 0.3) is 0 Å². The Labute approximate surface area is 114 Å². The minimum atomic E-state index is -0.130. The summed E-state index contributed by atoms with van der Waals surface area (Å²) >= 11 is 0. The van der Waals surface area contributed by atoms with Gasteiger partial charge in [0.15, 0.2) is 0 Å². The van der Waals surface area contributed by atoms with Crippen LogP contribution in [0.25, 0.3) is 0 Å². The first kappa shape index (κ1) is 14.4. The zero-order valence-electron chi connectivity index (χ0n) is 11.8. The van der Waals surface area contributed by atoms with Crippen LogP contribution in [0.1, 0.15) is 17.5 Å². The first-order valence-electron chi connectivity index (χ1n) is 6.90. The number of rotatable bonds is 5. The molecule has 106 valence electrons. The van der Waals surface area contributed by atoms with E-state index in [1.165, 1.54) is 0 Å². The van der Waals surface area contributed by atoms with Gasteiger partial charge in [0.1, 0.15) is 5.82 Å². The maximum atomic E-state index is 13.2. The number of nitrogens with zero attached hydrogens (tertiary/aromatic N) is 1. The number of hydrogen-bond acceptors (Lipinski definition) is 3. The molecule has 0 aromatic heterocycles. The summed E-state index contributed by atoms with van der Waals surface area (Å²) in [5.74, 6) is -0.130. The zero-order chi connectivity index (χ0) is 13.7. The van der Waals surface area contributed by atoms with Crippen LogP contribution in [0.5, 0.6) is 0 Å². The van der Waals surface area contributed by atoms with E-state index >= 15 is 0 Å². The minimum Gasteiger partial charge on any atom is -0.379 e. The lowest BCUT2D eigenvalue weighted by atomic mass is 10.1. The fourth-order valence-corrected chi connectivity index (χ4v) is 2.38. The highest BCUT2D eigenvalue weighted by Crippen LogP contribution is 2.11. The molecule has 1 aromatic rings. The number of benzene rings is 1. The second-order valence-electron chi connectivity index (χ2n) is 5.34. The van der Waals surface area contributed by atoms with Gasteiger partial charge in [-0.3, -0.25) is 0 Å². The van der Waals surface area contributed by atoms with E-state index in [0.717, 1.165) is 44.8 Å². The summed E-state index contributed by atoms with van der Waals surface area (Å²) in [7, 11) is 2.10. The molecule has 1 atom stereocenters. The van der Waals surface area contributed by atoms with E-state index in [1.54, 1.807) is 6.07 Å². The van der Waals surface area contributed by atoms with E-state index in [1.807, 2.05) is 19.1 Å². The Hall–Kier alpha value is -0.970. The van der Waals surface area contributed by atoms with Crippen molar-refractivity contribution in [1.82, 2.24) is 10.2 Å². The second kappa shape index (κ2) is 6.98. The van der Waals surface area contributed by atoms with Gasteiger partial charge >= 0.3 is 0 Å². The topological polar surface area (TPSA) is 24.5 Å². The standard InChI is InChI=1S/C15H23FN2O/c1-12-9-13(3-4-15(12)16)10-18(2)7-5-14-11-19-8-6-17-14/h3-4,9,14,17H,5-8,10-11H2,1-2H3. The first-order valence-corrected chi connectivity index (χ1v) is 6.90. The van der Waals surface area contributed by atoms with Crippen LogP contribution in [-0.4, -0.2) is 44.3 Å². The van der Waals surface area contributed by atoms with E-state index in [-0.39, 0.29) is 5.82 Å². The molecule has 19 heavy (non-hydrogen) atoms. The number of ether oxygens (including phenoxy) is 1. The molecule has 1 saturated heterocycles. The van der Waals surface area contributed by atoms with Gasteiger partial charge in [-0.25, -0.2) is 4.39 Å². The molecule has 1 N–H and O–H groups in total. The van der Waals surface area contributed by atoms with Crippen LogP contribution in [0.15, 0.2) is 18.2 Å². The van der Waals surface area contributed by atoms with Gasteiger partial charge < -0.3 is 15.0 Å². The number of halogens is 1. The van der Waals surface area contributed by atoms with Crippen molar-refractivity contribution in [2.45, 2.75) is 25.9 Å². The van der Waals surface area contributed by atoms with E-state index in [0.29, 0.717) is 11.6 Å². The molecule has 1 aromatic carbocycles. The molecule has 0 spiro atoms. The molecule has 1 fully saturated rings. The largest absolute Gasteiger partial charge is 0.379 e. The van der Waals surface area contributed by atoms with Crippen LogP contribution in [-0.2, 0) is 11.3 Å². The summed E-state index contributed by atoms with van der Waals surface area (Å²) in [4.78, 5) is 2.27. The fourth-order valence-electron chi connectivity index (χ4n) is 2.38. The van der Waals surface area contributed by atoms with E-state index in [9.17, 15) is 4.39 Å². The molecule has 0 amide bonds. The summed E-state index contributed by atoms with van der Waals surface area (Å²) < 4.78 is 18.6. The molecular weight excluding hydrogens is 243 g/mol. The minimum absolute atomic E-state index is 0.130. The normalized spacial score (nSPS) is 19.9. The maximum absolute atomic E-state index is 13.2. The van der Waals surface area contributed by atoms with Crippen LogP contribution in [0.3, 0.4) is 0 Å². The van der Waals surface area contributed by atoms with Crippen molar-refractivity contribution in [3.8, 4) is 0 Å². The van der Waals surface area contributed by atoms with Crippen molar-refractivity contribution in [1.29, 1.82) is 0 Å². The van der Waals surface area contributed by atoms with Gasteiger partial charge in [-0.15, -0.1) is 0 Å². The third-order valence-corrected chi connectivity index (χ3v) is 3.53. The van der Waals surface area contributed by atoms with Crippen molar-refractivity contribution in [2.75, 3.05) is 33.4 Å². The van der Waals surface area contributed by atoms with Crippen LogP contribution >= 0.6 is 0 Å². The lowest BCUT2D eigenvalue weighted by molar-refractivity contribution is 0.0708.